The standard InChI is InChI=1S/C14H18N2O2/c1-18-13-6-12(7-13)16-9-14(17)11-4-2-10(8-15)3-5-11/h2-5,12-14,16-17H,6-7,9H2,1H3. The monoisotopic (exact) mass is 246 g/mol. The molecule has 1 saturated carbocycles. The van der Waals surface area contributed by atoms with Crippen LogP contribution in [0.2, 0.25) is 0 Å². The zero-order chi connectivity index (χ0) is 13.0. The van der Waals surface area contributed by atoms with Gasteiger partial charge in [-0.3, -0.25) is 0 Å². The van der Waals surface area contributed by atoms with Crippen LogP contribution in [0.5, 0.6) is 0 Å². The average Bonchev–Trinajstić information content (AvgIpc) is 2.37. The minimum absolute atomic E-state index is 0.370. The summed E-state index contributed by atoms with van der Waals surface area (Å²) in [7, 11) is 1.73. The highest BCUT2D eigenvalue weighted by Crippen LogP contribution is 2.23. The van der Waals surface area contributed by atoms with E-state index >= 15 is 0 Å². The molecule has 4 nitrogen and oxygen atoms in total. The molecule has 2 N–H and O–H groups in total. The average molecular weight is 246 g/mol. The van der Waals surface area contributed by atoms with E-state index in [0.717, 1.165) is 18.4 Å². The smallest absolute Gasteiger partial charge is 0.0991 e. The Kier molecular flexibility index (Phi) is 4.32. The van der Waals surface area contributed by atoms with Gasteiger partial charge in [0, 0.05) is 19.7 Å². The van der Waals surface area contributed by atoms with Crippen molar-refractivity contribution in [1.82, 2.24) is 5.32 Å². The molecule has 0 amide bonds. The zero-order valence-corrected chi connectivity index (χ0v) is 10.5. The van der Waals surface area contributed by atoms with E-state index in [1.165, 1.54) is 0 Å². The number of nitriles is 1. The lowest BCUT2D eigenvalue weighted by molar-refractivity contribution is 0.0137. The topological polar surface area (TPSA) is 65.3 Å². The maximum absolute atomic E-state index is 10.00. The number of hydrogen-bond acceptors (Lipinski definition) is 4. The van der Waals surface area contributed by atoms with Crippen LogP contribution in [0.25, 0.3) is 0 Å². The van der Waals surface area contributed by atoms with Gasteiger partial charge in [-0.25, -0.2) is 0 Å². The van der Waals surface area contributed by atoms with E-state index in [9.17, 15) is 5.11 Å². The molecule has 4 heteroatoms. The second kappa shape index (κ2) is 5.96. The summed E-state index contributed by atoms with van der Waals surface area (Å²) in [5.74, 6) is 0. The van der Waals surface area contributed by atoms with Crippen molar-refractivity contribution in [3.63, 3.8) is 0 Å². The van der Waals surface area contributed by atoms with Gasteiger partial charge < -0.3 is 15.2 Å². The third kappa shape index (κ3) is 3.08. The predicted molar refractivity (Wildman–Crippen MR) is 67.9 cm³/mol. The maximum Gasteiger partial charge on any atom is 0.0991 e. The number of methoxy groups -OCH3 is 1. The first kappa shape index (κ1) is 13.0. The molecule has 1 atom stereocenters. The van der Waals surface area contributed by atoms with Gasteiger partial charge in [-0.2, -0.15) is 5.26 Å². The van der Waals surface area contributed by atoms with Gasteiger partial charge in [0.05, 0.1) is 23.8 Å². The molecule has 0 heterocycles. The van der Waals surface area contributed by atoms with E-state index in [4.69, 9.17) is 10.00 Å². The first-order valence-corrected chi connectivity index (χ1v) is 6.17. The van der Waals surface area contributed by atoms with Crippen molar-refractivity contribution < 1.29 is 9.84 Å². The number of aliphatic hydroxyl groups is 1. The van der Waals surface area contributed by atoms with Gasteiger partial charge in [-0.1, -0.05) is 12.1 Å². The van der Waals surface area contributed by atoms with Crippen molar-refractivity contribution in [3.8, 4) is 6.07 Å². The van der Waals surface area contributed by atoms with Gasteiger partial charge in [0.15, 0.2) is 0 Å². The minimum atomic E-state index is -0.528. The van der Waals surface area contributed by atoms with Crippen molar-refractivity contribution in [2.24, 2.45) is 0 Å². The lowest BCUT2D eigenvalue weighted by atomic mass is 9.89. The quantitative estimate of drug-likeness (QED) is 0.823. The molecule has 0 aliphatic heterocycles. The molecule has 96 valence electrons. The zero-order valence-electron chi connectivity index (χ0n) is 10.5. The van der Waals surface area contributed by atoms with E-state index in [-0.39, 0.29) is 0 Å². The van der Waals surface area contributed by atoms with Gasteiger partial charge in [0.2, 0.25) is 0 Å². The number of hydrogen-bond donors (Lipinski definition) is 2. The van der Waals surface area contributed by atoms with Crippen LogP contribution in [0, 0.1) is 11.3 Å². The van der Waals surface area contributed by atoms with Gasteiger partial charge in [0.25, 0.3) is 0 Å². The molecule has 0 aromatic heterocycles. The van der Waals surface area contributed by atoms with Crippen LogP contribution in [-0.4, -0.2) is 30.9 Å². The normalized spacial score (nSPS) is 24.1. The summed E-state index contributed by atoms with van der Waals surface area (Å²) in [5, 5.41) is 22.0. The predicted octanol–water partition coefficient (Wildman–Crippen LogP) is 1.36. The van der Waals surface area contributed by atoms with E-state index in [1.54, 1.807) is 31.4 Å². The molecule has 0 saturated heterocycles. The van der Waals surface area contributed by atoms with E-state index in [0.29, 0.717) is 24.3 Å². The minimum Gasteiger partial charge on any atom is -0.387 e. The highest BCUT2D eigenvalue weighted by molar-refractivity contribution is 5.32. The summed E-state index contributed by atoms with van der Waals surface area (Å²) >= 11 is 0. The maximum atomic E-state index is 10.00. The summed E-state index contributed by atoms with van der Waals surface area (Å²) < 4.78 is 5.20. The molecule has 1 aliphatic rings. The van der Waals surface area contributed by atoms with Crippen LogP contribution in [0.15, 0.2) is 24.3 Å². The number of benzene rings is 1. The third-order valence-corrected chi connectivity index (χ3v) is 3.45. The highest BCUT2D eigenvalue weighted by atomic mass is 16.5. The summed E-state index contributed by atoms with van der Waals surface area (Å²) in [5.41, 5.74) is 1.45. The highest BCUT2D eigenvalue weighted by Gasteiger charge is 2.28. The Morgan fingerprint density at radius 2 is 2.11 bits per heavy atom. The number of nitrogens with zero attached hydrogens (tertiary/aromatic N) is 1. The molecule has 0 bridgehead atoms. The van der Waals surface area contributed by atoms with Crippen molar-refractivity contribution in [2.75, 3.05) is 13.7 Å². The molecule has 1 aromatic carbocycles. The van der Waals surface area contributed by atoms with E-state index in [2.05, 4.69) is 11.4 Å². The first-order valence-electron chi connectivity index (χ1n) is 6.17. The van der Waals surface area contributed by atoms with Gasteiger partial charge in [-0.15, -0.1) is 0 Å². The van der Waals surface area contributed by atoms with Crippen molar-refractivity contribution in [1.29, 1.82) is 5.26 Å². The molecular weight excluding hydrogens is 228 g/mol. The van der Waals surface area contributed by atoms with Crippen LogP contribution >= 0.6 is 0 Å². The lowest BCUT2D eigenvalue weighted by Crippen LogP contribution is -2.46. The van der Waals surface area contributed by atoms with Crippen molar-refractivity contribution >= 4 is 0 Å². The fourth-order valence-corrected chi connectivity index (χ4v) is 2.10. The van der Waals surface area contributed by atoms with Crippen LogP contribution in [0.3, 0.4) is 0 Å². The molecule has 2 rings (SSSR count). The second-order valence-corrected chi connectivity index (χ2v) is 4.68. The summed E-state index contributed by atoms with van der Waals surface area (Å²) in [6, 6.07) is 9.55. The number of ether oxygens (including phenoxy) is 1. The largest absolute Gasteiger partial charge is 0.387 e. The van der Waals surface area contributed by atoms with Crippen molar-refractivity contribution in [2.45, 2.75) is 31.1 Å². The Bertz CT molecular complexity index is 418. The second-order valence-electron chi connectivity index (χ2n) is 4.68. The Morgan fingerprint density at radius 1 is 1.44 bits per heavy atom. The summed E-state index contributed by atoms with van der Waals surface area (Å²) in [4.78, 5) is 0. The molecular formula is C14H18N2O2. The SMILES string of the molecule is COC1CC(NCC(O)c2ccc(C#N)cc2)C1. The summed E-state index contributed by atoms with van der Waals surface area (Å²) in [6.45, 7) is 0.535. The first-order chi connectivity index (χ1) is 8.72. The van der Waals surface area contributed by atoms with E-state index < -0.39 is 6.10 Å². The fraction of sp³-hybridized carbons (Fsp3) is 0.500. The number of aliphatic hydroxyl groups excluding tert-OH is 1. The Balaban J connectivity index is 1.77. The van der Waals surface area contributed by atoms with Crippen molar-refractivity contribution in [3.05, 3.63) is 35.4 Å². The molecule has 0 radical (unpaired) electrons. The Hall–Kier alpha value is -1.41. The van der Waals surface area contributed by atoms with Crippen LogP contribution < -0.4 is 5.32 Å². The molecule has 0 spiro atoms. The number of nitrogens with one attached hydrogen (secondary N) is 1. The number of rotatable bonds is 5. The van der Waals surface area contributed by atoms with Crippen LogP contribution in [-0.2, 0) is 4.74 Å². The van der Waals surface area contributed by atoms with E-state index in [1.807, 2.05) is 0 Å². The third-order valence-electron chi connectivity index (χ3n) is 3.45. The fourth-order valence-electron chi connectivity index (χ4n) is 2.10. The van der Waals surface area contributed by atoms with Gasteiger partial charge in [-0.05, 0) is 30.5 Å². The molecule has 1 aliphatic carbocycles. The molecule has 1 fully saturated rings. The molecule has 18 heavy (non-hydrogen) atoms. The Morgan fingerprint density at radius 3 is 2.67 bits per heavy atom. The van der Waals surface area contributed by atoms with Gasteiger partial charge in [0.1, 0.15) is 0 Å². The van der Waals surface area contributed by atoms with Gasteiger partial charge >= 0.3 is 0 Å². The Labute approximate surface area is 107 Å². The molecule has 1 aromatic rings. The van der Waals surface area contributed by atoms with Crippen LogP contribution in [0.4, 0.5) is 0 Å². The molecule has 1 unspecified atom stereocenters. The van der Waals surface area contributed by atoms with Crippen LogP contribution in [0.1, 0.15) is 30.1 Å². The summed E-state index contributed by atoms with van der Waals surface area (Å²) in [6.07, 6.45) is 1.86. The lowest BCUT2D eigenvalue weighted by Gasteiger charge is -2.35.